The van der Waals surface area contributed by atoms with Crippen LogP contribution in [0.15, 0.2) is 58.3 Å². The highest BCUT2D eigenvalue weighted by Crippen LogP contribution is 2.28. The van der Waals surface area contributed by atoms with Crippen LogP contribution >= 0.6 is 23.1 Å². The van der Waals surface area contributed by atoms with Crippen molar-refractivity contribution in [2.75, 3.05) is 11.1 Å². The van der Waals surface area contributed by atoms with Crippen LogP contribution in [0.3, 0.4) is 0 Å². The number of thioether (sulfide) groups is 1. The van der Waals surface area contributed by atoms with E-state index in [0.717, 1.165) is 15.6 Å². The maximum atomic E-state index is 13.0. The molecule has 0 aliphatic rings. The Morgan fingerprint density at radius 1 is 1.28 bits per heavy atom. The summed E-state index contributed by atoms with van der Waals surface area (Å²) in [6.45, 7) is 0. The lowest BCUT2D eigenvalue weighted by molar-refractivity contribution is -0.113. The van der Waals surface area contributed by atoms with E-state index < -0.39 is 0 Å². The van der Waals surface area contributed by atoms with Gasteiger partial charge < -0.3 is 5.32 Å². The zero-order chi connectivity index (χ0) is 17.6. The molecule has 25 heavy (non-hydrogen) atoms. The zero-order valence-electron chi connectivity index (χ0n) is 12.9. The van der Waals surface area contributed by atoms with Crippen LogP contribution in [0.4, 0.5) is 10.1 Å². The number of nitriles is 1. The molecule has 0 unspecified atom stereocenters. The molecule has 0 saturated heterocycles. The number of nitrogens with one attached hydrogen (secondary N) is 1. The largest absolute Gasteiger partial charge is 0.325 e. The van der Waals surface area contributed by atoms with Gasteiger partial charge in [0.25, 0.3) is 0 Å². The fourth-order valence-corrected chi connectivity index (χ4v) is 3.70. The molecular formula is C18H12FN3OS2. The fraction of sp³-hybridized carbons (Fsp3) is 0.0556. The molecule has 2 aromatic carbocycles. The van der Waals surface area contributed by atoms with Crippen LogP contribution in [0.2, 0.25) is 0 Å². The summed E-state index contributed by atoms with van der Waals surface area (Å²) in [5.74, 6) is -0.239. The van der Waals surface area contributed by atoms with Gasteiger partial charge in [-0.25, -0.2) is 9.37 Å². The van der Waals surface area contributed by atoms with E-state index in [2.05, 4.69) is 10.3 Å². The molecule has 1 heterocycles. The summed E-state index contributed by atoms with van der Waals surface area (Å²) in [5.41, 5.74) is 2.68. The molecule has 1 N–H and O–H groups in total. The Balaban J connectivity index is 1.57. The highest BCUT2D eigenvalue weighted by molar-refractivity contribution is 8.01. The fourth-order valence-electron chi connectivity index (χ4n) is 2.07. The Morgan fingerprint density at radius 3 is 2.84 bits per heavy atom. The summed E-state index contributed by atoms with van der Waals surface area (Å²) in [7, 11) is 0. The number of halogens is 1. The van der Waals surface area contributed by atoms with E-state index in [9.17, 15) is 9.18 Å². The van der Waals surface area contributed by atoms with Gasteiger partial charge in [-0.05, 0) is 42.5 Å². The molecule has 0 bridgehead atoms. The summed E-state index contributed by atoms with van der Waals surface area (Å²) < 4.78 is 13.7. The molecule has 0 fully saturated rings. The lowest BCUT2D eigenvalue weighted by Crippen LogP contribution is -2.13. The third-order valence-corrected chi connectivity index (χ3v) is 5.25. The first kappa shape index (κ1) is 17.1. The number of rotatable bonds is 5. The molecule has 3 aromatic rings. The Kier molecular flexibility index (Phi) is 5.43. The molecule has 0 atom stereocenters. The number of thiazole rings is 1. The van der Waals surface area contributed by atoms with Gasteiger partial charge in [-0.3, -0.25) is 4.79 Å². The van der Waals surface area contributed by atoms with E-state index in [4.69, 9.17) is 5.26 Å². The highest BCUT2D eigenvalue weighted by Gasteiger charge is 2.09. The summed E-state index contributed by atoms with van der Waals surface area (Å²) in [5, 5.41) is 13.5. The van der Waals surface area contributed by atoms with E-state index in [1.165, 1.54) is 35.2 Å². The maximum Gasteiger partial charge on any atom is 0.234 e. The van der Waals surface area contributed by atoms with Gasteiger partial charge in [0.2, 0.25) is 5.91 Å². The van der Waals surface area contributed by atoms with Crippen molar-refractivity contribution in [3.63, 3.8) is 0 Å². The van der Waals surface area contributed by atoms with E-state index >= 15 is 0 Å². The Bertz CT molecular complexity index is 932. The molecule has 0 aliphatic heterocycles. The van der Waals surface area contributed by atoms with E-state index in [-0.39, 0.29) is 17.5 Å². The summed E-state index contributed by atoms with van der Waals surface area (Å²) in [6, 6.07) is 14.9. The van der Waals surface area contributed by atoms with Crippen molar-refractivity contribution in [1.82, 2.24) is 4.98 Å². The van der Waals surface area contributed by atoms with E-state index in [0.29, 0.717) is 11.3 Å². The second-order valence-corrected chi connectivity index (χ2v) is 7.12. The number of carbonyl (C=O) groups is 1. The van der Waals surface area contributed by atoms with Gasteiger partial charge in [0, 0.05) is 16.6 Å². The normalized spacial score (nSPS) is 10.2. The topological polar surface area (TPSA) is 65.8 Å². The molecule has 1 amide bonds. The predicted octanol–water partition coefficient (Wildman–Crippen LogP) is 4.55. The minimum absolute atomic E-state index is 0.168. The van der Waals surface area contributed by atoms with Gasteiger partial charge in [-0.2, -0.15) is 5.26 Å². The monoisotopic (exact) mass is 369 g/mol. The van der Waals surface area contributed by atoms with E-state index in [1.807, 2.05) is 11.4 Å². The van der Waals surface area contributed by atoms with Crippen molar-refractivity contribution >= 4 is 34.7 Å². The van der Waals surface area contributed by atoms with Gasteiger partial charge in [-0.15, -0.1) is 11.3 Å². The van der Waals surface area contributed by atoms with Gasteiger partial charge in [0.1, 0.15) is 5.82 Å². The van der Waals surface area contributed by atoms with Gasteiger partial charge >= 0.3 is 0 Å². The minimum atomic E-state index is -0.286. The molecule has 3 rings (SSSR count). The first-order valence-corrected chi connectivity index (χ1v) is 9.15. The number of aromatic nitrogens is 1. The zero-order valence-corrected chi connectivity index (χ0v) is 14.5. The number of carbonyl (C=O) groups excluding carboxylic acids is 1. The number of anilines is 1. The third kappa shape index (κ3) is 4.66. The average molecular weight is 369 g/mol. The lowest BCUT2D eigenvalue weighted by atomic mass is 10.2. The first-order chi connectivity index (χ1) is 12.1. The second kappa shape index (κ2) is 7.92. The quantitative estimate of drug-likeness (QED) is 0.670. The van der Waals surface area contributed by atoms with Crippen molar-refractivity contribution in [1.29, 1.82) is 5.26 Å². The van der Waals surface area contributed by atoms with Gasteiger partial charge in [0.15, 0.2) is 4.34 Å². The summed E-state index contributed by atoms with van der Waals surface area (Å²) in [4.78, 5) is 16.5. The summed E-state index contributed by atoms with van der Waals surface area (Å²) >= 11 is 2.77. The average Bonchev–Trinajstić information content (AvgIpc) is 3.10. The summed E-state index contributed by atoms with van der Waals surface area (Å²) in [6.07, 6.45) is 0. The number of hydrogen-bond donors (Lipinski definition) is 1. The van der Waals surface area contributed by atoms with Crippen LogP contribution < -0.4 is 5.32 Å². The van der Waals surface area contributed by atoms with Crippen LogP contribution in [0.1, 0.15) is 5.56 Å². The standard InChI is InChI=1S/C18H12FN3OS2/c19-14-6-4-13(5-7-14)16-10-24-18(22-16)25-11-17(23)21-15-3-1-2-12(8-15)9-20/h1-8,10H,11H2,(H,21,23). The van der Waals surface area contributed by atoms with Crippen LogP contribution in [0.25, 0.3) is 11.3 Å². The predicted molar refractivity (Wildman–Crippen MR) is 98.0 cm³/mol. The van der Waals surface area contributed by atoms with Crippen molar-refractivity contribution in [3.8, 4) is 17.3 Å². The Hall–Kier alpha value is -2.69. The van der Waals surface area contributed by atoms with Crippen molar-refractivity contribution in [3.05, 3.63) is 65.3 Å². The highest BCUT2D eigenvalue weighted by atomic mass is 32.2. The lowest BCUT2D eigenvalue weighted by Gasteiger charge is -2.04. The number of amides is 1. The second-order valence-electron chi connectivity index (χ2n) is 5.04. The first-order valence-electron chi connectivity index (χ1n) is 7.28. The Morgan fingerprint density at radius 2 is 2.08 bits per heavy atom. The molecule has 0 aliphatic carbocycles. The molecule has 7 heteroatoms. The molecule has 124 valence electrons. The SMILES string of the molecule is N#Cc1cccc(NC(=O)CSc2nc(-c3ccc(F)cc3)cs2)c1. The van der Waals surface area contributed by atoms with Crippen molar-refractivity contribution in [2.45, 2.75) is 4.34 Å². The van der Waals surface area contributed by atoms with Crippen LogP contribution in [0.5, 0.6) is 0 Å². The molecule has 1 aromatic heterocycles. The molecule has 0 saturated carbocycles. The Labute approximate surface area is 152 Å². The molecule has 0 spiro atoms. The number of benzene rings is 2. The van der Waals surface area contributed by atoms with Gasteiger partial charge in [-0.1, -0.05) is 17.8 Å². The smallest absolute Gasteiger partial charge is 0.234 e. The van der Waals surface area contributed by atoms with Crippen LogP contribution in [0, 0.1) is 17.1 Å². The van der Waals surface area contributed by atoms with Crippen molar-refractivity contribution < 1.29 is 9.18 Å². The van der Waals surface area contributed by atoms with E-state index in [1.54, 1.807) is 36.4 Å². The minimum Gasteiger partial charge on any atom is -0.325 e. The third-order valence-electron chi connectivity index (χ3n) is 3.23. The van der Waals surface area contributed by atoms with Crippen molar-refractivity contribution in [2.24, 2.45) is 0 Å². The number of hydrogen-bond acceptors (Lipinski definition) is 5. The molecular weight excluding hydrogens is 357 g/mol. The van der Waals surface area contributed by atoms with Crippen LogP contribution in [-0.4, -0.2) is 16.6 Å². The van der Waals surface area contributed by atoms with Gasteiger partial charge in [0.05, 0.1) is 23.1 Å². The number of nitrogens with zero attached hydrogens (tertiary/aromatic N) is 2. The van der Waals surface area contributed by atoms with Crippen LogP contribution in [-0.2, 0) is 4.79 Å². The maximum absolute atomic E-state index is 13.0. The molecule has 4 nitrogen and oxygen atoms in total. The molecule has 0 radical (unpaired) electrons.